The van der Waals surface area contributed by atoms with Gasteiger partial charge >= 0.3 is 0 Å². The molecule has 0 bridgehead atoms. The largest absolute Gasteiger partial charge is 0.493 e. The molecule has 8 heteroatoms. The van der Waals surface area contributed by atoms with Gasteiger partial charge in [0.05, 0.1) is 11.6 Å². The molecule has 0 saturated carbocycles. The molecule has 0 unspecified atom stereocenters. The Balaban J connectivity index is 0.00000338. The fraction of sp³-hybridized carbons (Fsp3) is 0.444. The lowest BCUT2D eigenvalue weighted by Gasteiger charge is -2.14. The van der Waals surface area contributed by atoms with Crippen molar-refractivity contribution in [3.05, 3.63) is 44.9 Å². The molecule has 26 heavy (non-hydrogen) atoms. The lowest BCUT2D eigenvalue weighted by Crippen LogP contribution is -2.37. The van der Waals surface area contributed by atoms with Crippen molar-refractivity contribution in [3.8, 4) is 5.75 Å². The van der Waals surface area contributed by atoms with E-state index in [1.54, 1.807) is 18.4 Å². The van der Waals surface area contributed by atoms with E-state index in [1.165, 1.54) is 4.88 Å². The molecule has 2 rings (SSSR count). The Labute approximate surface area is 181 Å². The molecule has 0 saturated heterocycles. The third-order valence-corrected chi connectivity index (χ3v) is 5.02. The van der Waals surface area contributed by atoms with Gasteiger partial charge in [0.25, 0.3) is 0 Å². The van der Waals surface area contributed by atoms with E-state index in [1.807, 2.05) is 31.3 Å². The van der Waals surface area contributed by atoms with Crippen molar-refractivity contribution in [1.29, 1.82) is 0 Å². The number of aliphatic imine (C=N–C) groups is 1. The van der Waals surface area contributed by atoms with Crippen LogP contribution in [0.4, 0.5) is 0 Å². The van der Waals surface area contributed by atoms with Crippen LogP contribution in [-0.2, 0) is 19.4 Å². The van der Waals surface area contributed by atoms with Crippen molar-refractivity contribution in [2.24, 2.45) is 4.99 Å². The van der Waals surface area contributed by atoms with Gasteiger partial charge in [0, 0.05) is 48.2 Å². The topological polar surface area (TPSA) is 58.5 Å². The number of hydrogen-bond donors (Lipinski definition) is 2. The summed E-state index contributed by atoms with van der Waals surface area (Å²) < 4.78 is 5.64. The van der Waals surface area contributed by atoms with Gasteiger partial charge in [-0.2, -0.15) is 0 Å². The van der Waals surface area contributed by atoms with Gasteiger partial charge in [-0.3, -0.25) is 4.99 Å². The minimum Gasteiger partial charge on any atom is -0.493 e. The fourth-order valence-electron chi connectivity index (χ4n) is 2.28. The number of benzene rings is 1. The Morgan fingerprint density at radius 3 is 2.77 bits per heavy atom. The van der Waals surface area contributed by atoms with Gasteiger partial charge in [0.15, 0.2) is 5.96 Å². The standard InChI is InChI=1S/C18H25ClN4OS.HI/c1-4-15-12-22-17(25-15)8-9-21-18(20-3)23-11-13-6-7-14(19)10-16(13)24-5-2;/h6-7,10,12H,4-5,8-9,11H2,1-3H3,(H2,20,21,23);1H. The number of ether oxygens (including phenoxy) is 1. The van der Waals surface area contributed by atoms with Gasteiger partial charge in [-0.05, 0) is 25.5 Å². The lowest BCUT2D eigenvalue weighted by atomic mass is 10.2. The van der Waals surface area contributed by atoms with Crippen LogP contribution in [0.2, 0.25) is 5.02 Å². The molecule has 0 amide bonds. The van der Waals surface area contributed by atoms with Crippen LogP contribution in [0.1, 0.15) is 29.3 Å². The number of aromatic nitrogens is 1. The Morgan fingerprint density at radius 1 is 1.31 bits per heavy atom. The summed E-state index contributed by atoms with van der Waals surface area (Å²) in [6.07, 6.45) is 3.89. The lowest BCUT2D eigenvalue weighted by molar-refractivity contribution is 0.336. The number of rotatable bonds is 8. The zero-order valence-electron chi connectivity index (χ0n) is 15.3. The van der Waals surface area contributed by atoms with E-state index in [4.69, 9.17) is 16.3 Å². The van der Waals surface area contributed by atoms with Gasteiger partial charge < -0.3 is 15.4 Å². The van der Waals surface area contributed by atoms with E-state index in [0.717, 1.165) is 41.7 Å². The summed E-state index contributed by atoms with van der Waals surface area (Å²) in [5, 5.41) is 8.44. The molecule has 1 aromatic carbocycles. The van der Waals surface area contributed by atoms with Crippen LogP contribution in [0, 0.1) is 0 Å². The van der Waals surface area contributed by atoms with Gasteiger partial charge in [0.2, 0.25) is 0 Å². The molecule has 0 aliphatic heterocycles. The van der Waals surface area contributed by atoms with Crippen LogP contribution in [0.25, 0.3) is 0 Å². The summed E-state index contributed by atoms with van der Waals surface area (Å²) in [7, 11) is 1.76. The Bertz CT molecular complexity index is 708. The maximum absolute atomic E-state index is 6.04. The summed E-state index contributed by atoms with van der Waals surface area (Å²) in [6.45, 7) is 6.11. The summed E-state index contributed by atoms with van der Waals surface area (Å²) in [5.74, 6) is 1.55. The van der Waals surface area contributed by atoms with Crippen LogP contribution in [-0.4, -0.2) is 31.1 Å². The molecule has 0 atom stereocenters. The minimum absolute atomic E-state index is 0. The quantitative estimate of drug-likeness (QED) is 0.317. The number of guanidine groups is 1. The first-order valence-electron chi connectivity index (χ1n) is 8.45. The first kappa shape index (κ1) is 23.0. The van der Waals surface area contributed by atoms with E-state index in [2.05, 4.69) is 27.5 Å². The van der Waals surface area contributed by atoms with E-state index < -0.39 is 0 Å². The Morgan fingerprint density at radius 2 is 2.12 bits per heavy atom. The molecule has 2 N–H and O–H groups in total. The van der Waals surface area contributed by atoms with E-state index >= 15 is 0 Å². The van der Waals surface area contributed by atoms with E-state index in [9.17, 15) is 0 Å². The molecular formula is C18H26ClIN4OS. The first-order chi connectivity index (χ1) is 12.2. The van der Waals surface area contributed by atoms with Crippen molar-refractivity contribution in [2.45, 2.75) is 33.2 Å². The number of nitrogens with one attached hydrogen (secondary N) is 2. The molecule has 2 aromatic rings. The van der Waals surface area contributed by atoms with Crippen molar-refractivity contribution < 1.29 is 4.74 Å². The maximum atomic E-state index is 6.04. The smallest absolute Gasteiger partial charge is 0.191 e. The van der Waals surface area contributed by atoms with Crippen molar-refractivity contribution in [3.63, 3.8) is 0 Å². The normalized spacial score (nSPS) is 11.0. The minimum atomic E-state index is 0. The highest BCUT2D eigenvalue weighted by Crippen LogP contribution is 2.23. The van der Waals surface area contributed by atoms with E-state index in [-0.39, 0.29) is 24.0 Å². The highest BCUT2D eigenvalue weighted by Gasteiger charge is 2.06. The molecule has 5 nitrogen and oxygen atoms in total. The van der Waals surface area contributed by atoms with Crippen molar-refractivity contribution >= 4 is 52.9 Å². The van der Waals surface area contributed by atoms with Gasteiger partial charge in [0.1, 0.15) is 5.75 Å². The fourth-order valence-corrected chi connectivity index (χ4v) is 3.30. The Hall–Kier alpha value is -1.06. The van der Waals surface area contributed by atoms with Gasteiger partial charge in [-0.15, -0.1) is 35.3 Å². The molecule has 0 fully saturated rings. The Kier molecular flexibility index (Phi) is 10.9. The van der Waals surface area contributed by atoms with Crippen molar-refractivity contribution in [1.82, 2.24) is 15.6 Å². The summed E-state index contributed by atoms with van der Waals surface area (Å²) in [5.41, 5.74) is 1.04. The number of halogens is 2. The highest BCUT2D eigenvalue weighted by atomic mass is 127. The zero-order chi connectivity index (χ0) is 18.1. The summed E-state index contributed by atoms with van der Waals surface area (Å²) >= 11 is 7.81. The molecule has 1 aromatic heterocycles. The third kappa shape index (κ3) is 7.28. The third-order valence-electron chi connectivity index (χ3n) is 3.58. The van der Waals surface area contributed by atoms with Gasteiger partial charge in [-0.25, -0.2) is 4.98 Å². The maximum Gasteiger partial charge on any atom is 0.191 e. The number of hydrogen-bond acceptors (Lipinski definition) is 4. The predicted octanol–water partition coefficient (Wildman–Crippen LogP) is 4.28. The molecule has 1 heterocycles. The van der Waals surface area contributed by atoms with Crippen LogP contribution in [0.5, 0.6) is 5.75 Å². The molecule has 0 spiro atoms. The van der Waals surface area contributed by atoms with Crippen molar-refractivity contribution in [2.75, 3.05) is 20.2 Å². The molecule has 144 valence electrons. The molecule has 0 aliphatic carbocycles. The molecule has 0 aliphatic rings. The summed E-state index contributed by atoms with van der Waals surface area (Å²) in [4.78, 5) is 10.0. The predicted molar refractivity (Wildman–Crippen MR) is 121 cm³/mol. The summed E-state index contributed by atoms with van der Waals surface area (Å²) in [6, 6.07) is 5.67. The van der Waals surface area contributed by atoms with Gasteiger partial charge in [-0.1, -0.05) is 24.6 Å². The first-order valence-corrected chi connectivity index (χ1v) is 9.65. The average molecular weight is 509 g/mol. The molecular weight excluding hydrogens is 483 g/mol. The second kappa shape index (κ2) is 12.3. The monoisotopic (exact) mass is 508 g/mol. The van der Waals surface area contributed by atoms with Crippen LogP contribution < -0.4 is 15.4 Å². The second-order valence-electron chi connectivity index (χ2n) is 5.36. The SMILES string of the molecule is CCOc1cc(Cl)ccc1CNC(=NC)NCCc1ncc(CC)s1.I. The zero-order valence-corrected chi connectivity index (χ0v) is 19.2. The second-order valence-corrected chi connectivity index (χ2v) is 7.00. The molecule has 0 radical (unpaired) electrons. The van der Waals surface area contributed by atoms with Crippen LogP contribution in [0.15, 0.2) is 29.4 Å². The average Bonchev–Trinajstić information content (AvgIpc) is 3.07. The number of aryl methyl sites for hydroxylation is 1. The van der Waals surface area contributed by atoms with Crippen LogP contribution in [0.3, 0.4) is 0 Å². The van der Waals surface area contributed by atoms with Crippen LogP contribution >= 0.6 is 46.9 Å². The number of nitrogens with zero attached hydrogens (tertiary/aromatic N) is 2. The van der Waals surface area contributed by atoms with E-state index in [0.29, 0.717) is 18.2 Å². The number of thiazole rings is 1. The highest BCUT2D eigenvalue weighted by molar-refractivity contribution is 14.0.